The number of benzene rings is 12. The van der Waals surface area contributed by atoms with Gasteiger partial charge in [-0.15, -0.1) is 0 Å². The highest BCUT2D eigenvalue weighted by molar-refractivity contribution is 6.64. The Morgan fingerprint density at radius 2 is 0.433 bits per heavy atom. The molecule has 0 spiro atoms. The Labute approximate surface area is 619 Å². The molecule has 4 fully saturated rings. The van der Waals surface area contributed by atoms with Gasteiger partial charge < -0.3 is 37.2 Å². The first-order valence-corrected chi connectivity index (χ1v) is 36.6. The van der Waals surface area contributed by atoms with Crippen molar-refractivity contribution < 1.29 is 37.2 Å². The molecular weight excluding hydrogens is 1280 g/mol. The quantitative estimate of drug-likeness (QED) is 0.125. The van der Waals surface area contributed by atoms with Crippen molar-refractivity contribution in [1.82, 2.24) is 0 Å². The summed E-state index contributed by atoms with van der Waals surface area (Å²) in [5.74, 6) is 0. The van der Waals surface area contributed by atoms with Crippen LogP contribution in [0.15, 0.2) is 291 Å². The van der Waals surface area contributed by atoms with E-state index in [1.807, 2.05) is 30.3 Å². The number of rotatable bonds is 10. The van der Waals surface area contributed by atoms with Gasteiger partial charge in [0.2, 0.25) is 0 Å². The summed E-state index contributed by atoms with van der Waals surface area (Å²) in [5.41, 5.74) is 15.6. The molecule has 16 rings (SSSR count). The molecule has 12 aromatic rings. The number of hydrogen-bond acceptors (Lipinski definition) is 8. The van der Waals surface area contributed by atoms with Crippen LogP contribution in [0.2, 0.25) is 0 Å². The zero-order valence-electron chi connectivity index (χ0n) is 63.3. The topological polar surface area (TPSA) is 73.8 Å². The minimum atomic E-state index is -0.417. The van der Waals surface area contributed by atoms with Gasteiger partial charge in [0.15, 0.2) is 0 Å². The maximum Gasteiger partial charge on any atom is 0.495 e. The van der Waals surface area contributed by atoms with Gasteiger partial charge in [-0.05, 0) is 245 Å². The Morgan fingerprint density at radius 3 is 0.808 bits per heavy atom. The molecule has 0 aliphatic carbocycles. The van der Waals surface area contributed by atoms with E-state index in [9.17, 15) is 0 Å². The van der Waals surface area contributed by atoms with Crippen molar-refractivity contribution in [1.29, 1.82) is 0 Å². The fraction of sp³-hybridized carbons (Fsp3) is 0.261. The van der Waals surface area contributed by atoms with Crippen LogP contribution in [0.3, 0.4) is 0 Å². The average Bonchev–Trinajstić information content (AvgIpc) is 1.63. The molecule has 4 aliphatic heterocycles. The standard InChI is InChI=1S/C32H29BO2.C24H25BO2.2C18H21BO2/c1-31(2)32(3,4)35-33(34-31)30-20-28(26-15-13-22-9-5-7-11-24(22)17-26)19-29(21-30)27-16-14-23-10-6-8-12-25(23)18-27;1-23(2)24(3,4)27-25(26-23)22-16-20(18-11-7-5-8-12-18)15-21(17-22)19-13-9-6-10-14-19;1-17(2)18(3,4)21-19(20-17)16-13-9-8-12-15(16)14-10-6-5-7-11-14;1-17(2)18(3,4)21-19(20-17)16-12-8-11-15(13-16)14-9-6-5-7-10-14/h5-21H,1-4H3;5-17H,1-4H3;2*5-13H,1-4H3. The summed E-state index contributed by atoms with van der Waals surface area (Å²) in [6.07, 6.45) is 0. The second kappa shape index (κ2) is 29.2. The van der Waals surface area contributed by atoms with Gasteiger partial charge in [-0.25, -0.2) is 0 Å². The van der Waals surface area contributed by atoms with Crippen LogP contribution in [0, 0.1) is 0 Å². The minimum absolute atomic E-state index is 0.305. The summed E-state index contributed by atoms with van der Waals surface area (Å²) >= 11 is 0. The van der Waals surface area contributed by atoms with Crippen molar-refractivity contribution in [2.75, 3.05) is 0 Å². The van der Waals surface area contributed by atoms with Gasteiger partial charge in [0.05, 0.1) is 44.8 Å². The molecule has 12 aromatic carbocycles. The summed E-state index contributed by atoms with van der Waals surface area (Å²) in [4.78, 5) is 0. The third-order valence-corrected chi connectivity index (χ3v) is 22.4. The van der Waals surface area contributed by atoms with Crippen molar-refractivity contribution in [3.05, 3.63) is 291 Å². The molecule has 4 heterocycles. The zero-order chi connectivity index (χ0) is 73.5. The van der Waals surface area contributed by atoms with Gasteiger partial charge >= 0.3 is 28.5 Å². The van der Waals surface area contributed by atoms with Crippen molar-refractivity contribution in [3.63, 3.8) is 0 Å². The minimum Gasteiger partial charge on any atom is -0.399 e. The lowest BCUT2D eigenvalue weighted by atomic mass is 9.74. The van der Waals surface area contributed by atoms with E-state index >= 15 is 0 Å². The molecule has 0 N–H and O–H groups in total. The summed E-state index contributed by atoms with van der Waals surface area (Å²) in [6, 6.07) is 102. The van der Waals surface area contributed by atoms with Crippen LogP contribution >= 0.6 is 0 Å². The third-order valence-electron chi connectivity index (χ3n) is 22.4. The Kier molecular flexibility index (Phi) is 20.6. The lowest BCUT2D eigenvalue weighted by molar-refractivity contribution is 0.00578. The maximum atomic E-state index is 6.45. The molecule has 0 aromatic heterocycles. The Balaban J connectivity index is 0.000000126. The van der Waals surface area contributed by atoms with Crippen LogP contribution in [0.1, 0.15) is 111 Å². The van der Waals surface area contributed by atoms with Gasteiger partial charge in [-0.3, -0.25) is 0 Å². The van der Waals surface area contributed by atoms with Crippen LogP contribution in [-0.4, -0.2) is 73.3 Å². The van der Waals surface area contributed by atoms with E-state index in [0.29, 0.717) is 0 Å². The molecule has 8 nitrogen and oxygen atoms in total. The first-order chi connectivity index (χ1) is 49.4. The summed E-state index contributed by atoms with van der Waals surface area (Å²) in [6.45, 7) is 33.4. The second-order valence-electron chi connectivity index (χ2n) is 31.8. The molecular formula is C92H96B4O8. The molecule has 0 amide bonds. The Morgan fingerprint density at radius 1 is 0.173 bits per heavy atom. The fourth-order valence-electron chi connectivity index (χ4n) is 13.2. The summed E-state index contributed by atoms with van der Waals surface area (Å²) in [5, 5.41) is 4.96. The van der Waals surface area contributed by atoms with Crippen LogP contribution < -0.4 is 21.9 Å². The molecule has 104 heavy (non-hydrogen) atoms. The van der Waals surface area contributed by atoms with Crippen LogP contribution in [0.5, 0.6) is 0 Å². The lowest BCUT2D eigenvalue weighted by Gasteiger charge is -2.32. The molecule has 0 radical (unpaired) electrons. The maximum absolute atomic E-state index is 6.45. The molecule has 4 aliphatic rings. The SMILES string of the molecule is CC1(C)OB(c2cc(-c3ccc4ccccc4c3)cc(-c3ccc4ccccc4c3)c2)OC1(C)C.CC1(C)OB(c2cc(-c3ccccc3)cc(-c3ccccc3)c2)OC1(C)C.CC1(C)OB(c2cccc(-c3ccccc3)c2)OC1(C)C.CC1(C)OB(c2ccccc2-c2ccccc2)OC1(C)C. The van der Waals surface area contributed by atoms with Crippen LogP contribution in [-0.2, 0) is 37.2 Å². The number of hydrogen-bond donors (Lipinski definition) is 0. The van der Waals surface area contributed by atoms with E-state index in [4.69, 9.17) is 37.2 Å². The predicted molar refractivity (Wildman–Crippen MR) is 436 cm³/mol. The highest BCUT2D eigenvalue weighted by Crippen LogP contribution is 2.42. The van der Waals surface area contributed by atoms with Gasteiger partial charge in [-0.1, -0.05) is 267 Å². The molecule has 524 valence electrons. The van der Waals surface area contributed by atoms with Crippen LogP contribution in [0.4, 0.5) is 0 Å². The zero-order valence-corrected chi connectivity index (χ0v) is 63.3. The van der Waals surface area contributed by atoms with Gasteiger partial charge in [0.1, 0.15) is 0 Å². The van der Waals surface area contributed by atoms with E-state index in [-0.39, 0.29) is 66.2 Å². The van der Waals surface area contributed by atoms with Gasteiger partial charge in [0.25, 0.3) is 0 Å². The molecule has 0 unspecified atom stereocenters. The lowest BCUT2D eigenvalue weighted by Crippen LogP contribution is -2.41. The van der Waals surface area contributed by atoms with Crippen molar-refractivity contribution >= 4 is 71.9 Å². The Hall–Kier alpha value is -8.90. The van der Waals surface area contributed by atoms with Gasteiger partial charge in [0, 0.05) is 0 Å². The van der Waals surface area contributed by atoms with Crippen molar-refractivity contribution in [2.45, 2.75) is 156 Å². The first kappa shape index (κ1) is 73.4. The second-order valence-corrected chi connectivity index (χ2v) is 31.8. The van der Waals surface area contributed by atoms with Crippen molar-refractivity contribution in [2.24, 2.45) is 0 Å². The molecule has 0 atom stereocenters. The van der Waals surface area contributed by atoms with Gasteiger partial charge in [-0.2, -0.15) is 0 Å². The molecule has 0 saturated carbocycles. The largest absolute Gasteiger partial charge is 0.495 e. The van der Waals surface area contributed by atoms with E-state index < -0.39 is 7.12 Å². The average molecular weight is 1370 g/mol. The highest BCUT2D eigenvalue weighted by Gasteiger charge is 2.55. The van der Waals surface area contributed by atoms with E-state index in [2.05, 4.69) is 372 Å². The van der Waals surface area contributed by atoms with E-state index in [1.54, 1.807) is 0 Å². The predicted octanol–water partition coefficient (Wildman–Crippen LogP) is 20.3. The fourth-order valence-corrected chi connectivity index (χ4v) is 13.2. The molecule has 12 heteroatoms. The molecule has 0 bridgehead atoms. The summed E-state index contributed by atoms with van der Waals surface area (Å²) < 4.78 is 50.1. The number of fused-ring (bicyclic) bond motifs is 2. The Bertz CT molecular complexity index is 4760. The highest BCUT2D eigenvalue weighted by atomic mass is 16.7. The monoisotopic (exact) mass is 1370 g/mol. The smallest absolute Gasteiger partial charge is 0.399 e. The molecule has 4 saturated heterocycles. The normalized spacial score (nSPS) is 18.2. The third kappa shape index (κ3) is 15.7. The first-order valence-electron chi connectivity index (χ1n) is 36.6. The summed E-state index contributed by atoms with van der Waals surface area (Å²) in [7, 11) is -1.43. The van der Waals surface area contributed by atoms with E-state index in [1.165, 1.54) is 71.6 Å². The van der Waals surface area contributed by atoms with E-state index in [0.717, 1.165) is 38.5 Å². The van der Waals surface area contributed by atoms with Crippen molar-refractivity contribution in [3.8, 4) is 66.8 Å². The van der Waals surface area contributed by atoms with Crippen LogP contribution in [0.25, 0.3) is 88.3 Å².